The molecule has 2 aromatic rings. The molecule has 0 aromatic heterocycles. The van der Waals surface area contributed by atoms with E-state index in [0.29, 0.717) is 0 Å². The number of methoxy groups -OCH3 is 2. The zero-order chi connectivity index (χ0) is 15.2. The molecule has 2 aromatic carbocycles. The zero-order valence-electron chi connectivity index (χ0n) is 12.0. The van der Waals surface area contributed by atoms with Crippen LogP contribution < -0.4 is 14.8 Å². The number of hydrogen-bond donors (Lipinski definition) is 2. The van der Waals surface area contributed by atoms with Gasteiger partial charge in [-0.1, -0.05) is 22.0 Å². The highest BCUT2D eigenvalue weighted by Crippen LogP contribution is 2.30. The summed E-state index contributed by atoms with van der Waals surface area (Å²) in [6.45, 7) is -0.0387. The molecule has 0 fully saturated rings. The monoisotopic (exact) mass is 351 g/mol. The van der Waals surface area contributed by atoms with E-state index in [0.717, 1.165) is 27.2 Å². The lowest BCUT2D eigenvalue weighted by Gasteiger charge is -2.20. The van der Waals surface area contributed by atoms with Gasteiger partial charge >= 0.3 is 0 Å². The Morgan fingerprint density at radius 3 is 2.48 bits per heavy atom. The van der Waals surface area contributed by atoms with Gasteiger partial charge in [-0.3, -0.25) is 0 Å². The third-order valence-corrected chi connectivity index (χ3v) is 3.89. The molecule has 1 unspecified atom stereocenters. The fraction of sp³-hybridized carbons (Fsp3) is 0.250. The zero-order valence-corrected chi connectivity index (χ0v) is 13.6. The highest BCUT2D eigenvalue weighted by Gasteiger charge is 2.15. The minimum atomic E-state index is -0.249. The molecule has 0 aliphatic heterocycles. The van der Waals surface area contributed by atoms with Gasteiger partial charge in [-0.2, -0.15) is 0 Å². The van der Waals surface area contributed by atoms with Gasteiger partial charge in [0.1, 0.15) is 11.5 Å². The van der Waals surface area contributed by atoms with E-state index in [9.17, 15) is 5.11 Å². The smallest absolute Gasteiger partial charge is 0.120 e. The molecule has 0 amide bonds. The summed E-state index contributed by atoms with van der Waals surface area (Å²) < 4.78 is 11.4. The number of nitrogens with one attached hydrogen (secondary N) is 1. The van der Waals surface area contributed by atoms with E-state index in [1.54, 1.807) is 14.2 Å². The van der Waals surface area contributed by atoms with Crippen LogP contribution >= 0.6 is 15.9 Å². The van der Waals surface area contributed by atoms with Crippen LogP contribution in [-0.4, -0.2) is 25.9 Å². The minimum Gasteiger partial charge on any atom is -0.497 e. The van der Waals surface area contributed by atoms with Crippen molar-refractivity contribution in [1.82, 2.24) is 0 Å². The molecule has 0 heterocycles. The topological polar surface area (TPSA) is 50.7 Å². The Labute approximate surface area is 132 Å². The summed E-state index contributed by atoms with van der Waals surface area (Å²) in [4.78, 5) is 0. The quantitative estimate of drug-likeness (QED) is 0.834. The van der Waals surface area contributed by atoms with Gasteiger partial charge in [0.05, 0.1) is 26.9 Å². The lowest BCUT2D eigenvalue weighted by Crippen LogP contribution is -2.15. The van der Waals surface area contributed by atoms with Crippen LogP contribution in [0.3, 0.4) is 0 Å². The largest absolute Gasteiger partial charge is 0.497 e. The lowest BCUT2D eigenvalue weighted by atomic mass is 10.1. The van der Waals surface area contributed by atoms with Crippen LogP contribution in [0.25, 0.3) is 0 Å². The first kappa shape index (κ1) is 15.7. The molecule has 0 spiro atoms. The molecule has 0 aliphatic rings. The summed E-state index contributed by atoms with van der Waals surface area (Å²) >= 11 is 3.51. The fourth-order valence-electron chi connectivity index (χ4n) is 2.05. The van der Waals surface area contributed by atoms with Crippen molar-refractivity contribution in [2.75, 3.05) is 26.1 Å². The first-order chi connectivity index (χ1) is 10.2. The lowest BCUT2D eigenvalue weighted by molar-refractivity contribution is 0.275. The van der Waals surface area contributed by atoms with E-state index in [-0.39, 0.29) is 12.6 Å². The van der Waals surface area contributed by atoms with E-state index in [1.165, 1.54) is 0 Å². The maximum Gasteiger partial charge on any atom is 0.120 e. The number of aliphatic hydroxyl groups is 1. The Bertz CT molecular complexity index is 604. The summed E-state index contributed by atoms with van der Waals surface area (Å²) in [5.74, 6) is 1.51. The van der Waals surface area contributed by atoms with Gasteiger partial charge in [0.15, 0.2) is 0 Å². The number of ether oxygens (including phenoxy) is 2. The van der Waals surface area contributed by atoms with Gasteiger partial charge in [0.25, 0.3) is 0 Å². The first-order valence-electron chi connectivity index (χ1n) is 6.52. The van der Waals surface area contributed by atoms with Crippen molar-refractivity contribution in [2.24, 2.45) is 0 Å². The van der Waals surface area contributed by atoms with Crippen LogP contribution in [0.15, 0.2) is 46.9 Å². The number of hydrogen-bond acceptors (Lipinski definition) is 4. The highest BCUT2D eigenvalue weighted by molar-refractivity contribution is 9.10. The van der Waals surface area contributed by atoms with E-state index >= 15 is 0 Å². The van der Waals surface area contributed by atoms with Crippen molar-refractivity contribution in [2.45, 2.75) is 6.04 Å². The van der Waals surface area contributed by atoms with Gasteiger partial charge in [0.2, 0.25) is 0 Å². The average Bonchev–Trinajstić information content (AvgIpc) is 2.53. The molecular weight excluding hydrogens is 334 g/mol. The van der Waals surface area contributed by atoms with E-state index in [2.05, 4.69) is 21.2 Å². The molecule has 0 saturated heterocycles. The summed E-state index contributed by atoms with van der Waals surface area (Å²) in [6, 6.07) is 13.0. The van der Waals surface area contributed by atoms with E-state index < -0.39 is 0 Å². The molecular formula is C16H18BrNO3. The van der Waals surface area contributed by atoms with E-state index in [4.69, 9.17) is 9.47 Å². The maximum atomic E-state index is 9.70. The van der Waals surface area contributed by atoms with Gasteiger partial charge in [0, 0.05) is 16.2 Å². The summed E-state index contributed by atoms with van der Waals surface area (Å²) in [6.07, 6.45) is 0. The molecule has 1 atom stereocenters. The third-order valence-electron chi connectivity index (χ3n) is 3.17. The number of benzene rings is 2. The average molecular weight is 352 g/mol. The minimum absolute atomic E-state index is 0.0387. The third kappa shape index (κ3) is 3.89. The van der Waals surface area contributed by atoms with Crippen molar-refractivity contribution >= 4 is 21.6 Å². The second-order valence-electron chi connectivity index (χ2n) is 4.50. The Morgan fingerprint density at radius 1 is 1.10 bits per heavy atom. The fourth-order valence-corrected chi connectivity index (χ4v) is 2.57. The Balaban J connectivity index is 2.27. The summed E-state index contributed by atoms with van der Waals surface area (Å²) in [5, 5.41) is 13.0. The van der Waals surface area contributed by atoms with Gasteiger partial charge in [-0.25, -0.2) is 0 Å². The summed E-state index contributed by atoms with van der Waals surface area (Å²) in [5.41, 5.74) is 1.81. The predicted molar refractivity (Wildman–Crippen MR) is 87.1 cm³/mol. The van der Waals surface area contributed by atoms with Crippen LogP contribution in [0, 0.1) is 0 Å². The van der Waals surface area contributed by atoms with Crippen molar-refractivity contribution in [3.63, 3.8) is 0 Å². The van der Waals surface area contributed by atoms with Crippen molar-refractivity contribution in [1.29, 1.82) is 0 Å². The van der Waals surface area contributed by atoms with E-state index in [1.807, 2.05) is 42.5 Å². The second-order valence-corrected chi connectivity index (χ2v) is 5.35. The molecule has 4 nitrogen and oxygen atoms in total. The second kappa shape index (κ2) is 7.33. The molecule has 0 radical (unpaired) electrons. The molecule has 0 bridgehead atoms. The Hall–Kier alpha value is -1.72. The van der Waals surface area contributed by atoms with Gasteiger partial charge in [-0.05, 0) is 35.9 Å². The van der Waals surface area contributed by atoms with Crippen molar-refractivity contribution in [3.05, 3.63) is 52.5 Å². The van der Waals surface area contributed by atoms with Gasteiger partial charge < -0.3 is 19.9 Å². The molecule has 5 heteroatoms. The van der Waals surface area contributed by atoms with Crippen LogP contribution in [0.1, 0.15) is 11.6 Å². The predicted octanol–water partition coefficient (Wildman–Crippen LogP) is 3.61. The van der Waals surface area contributed by atoms with Crippen molar-refractivity contribution in [3.8, 4) is 11.5 Å². The SMILES string of the molecule is COc1cccc(NC(CO)c2cc(OC)ccc2Br)c1. The normalized spacial score (nSPS) is 11.8. The summed E-state index contributed by atoms with van der Waals surface area (Å²) in [7, 11) is 3.25. The molecule has 21 heavy (non-hydrogen) atoms. The Kier molecular flexibility index (Phi) is 5.47. The number of anilines is 1. The molecule has 2 rings (SSSR count). The number of aliphatic hydroxyl groups excluding tert-OH is 1. The van der Waals surface area contributed by atoms with Crippen LogP contribution in [0.5, 0.6) is 11.5 Å². The Morgan fingerprint density at radius 2 is 1.81 bits per heavy atom. The van der Waals surface area contributed by atoms with Crippen molar-refractivity contribution < 1.29 is 14.6 Å². The van der Waals surface area contributed by atoms with Crippen LogP contribution in [0.4, 0.5) is 5.69 Å². The maximum absolute atomic E-state index is 9.70. The highest BCUT2D eigenvalue weighted by atomic mass is 79.9. The number of rotatable bonds is 6. The van der Waals surface area contributed by atoms with Gasteiger partial charge in [-0.15, -0.1) is 0 Å². The standard InChI is InChI=1S/C16H18BrNO3/c1-20-12-5-3-4-11(8-12)18-16(10-19)14-9-13(21-2)6-7-15(14)17/h3-9,16,18-19H,10H2,1-2H3. The number of halogens is 1. The molecule has 0 aliphatic carbocycles. The molecule has 2 N–H and O–H groups in total. The molecule has 0 saturated carbocycles. The van der Waals surface area contributed by atoms with Crippen LogP contribution in [-0.2, 0) is 0 Å². The van der Waals surface area contributed by atoms with Crippen LogP contribution in [0.2, 0.25) is 0 Å². The molecule has 112 valence electrons. The first-order valence-corrected chi connectivity index (χ1v) is 7.32.